The molecule has 0 bridgehead atoms. The fourth-order valence-electron chi connectivity index (χ4n) is 9.03. The second-order valence-electron chi connectivity index (χ2n) is 13.9. The SMILES string of the molecule is CC(C)CCC[C@@H](C)C1CC[C@H]2C3CC=C4CC(OC(=O)NCCN(C)C)CC[C@]4(N)[C@H]3CCC12C. The summed E-state index contributed by atoms with van der Waals surface area (Å²) < 4.78 is 5.81. The van der Waals surface area contributed by atoms with Crippen LogP contribution in [0.3, 0.4) is 0 Å². The first-order valence-electron chi connectivity index (χ1n) is 15.1. The van der Waals surface area contributed by atoms with E-state index in [-0.39, 0.29) is 17.7 Å². The largest absolute Gasteiger partial charge is 0.446 e. The maximum Gasteiger partial charge on any atom is 0.407 e. The van der Waals surface area contributed by atoms with Crippen LogP contribution in [-0.4, -0.2) is 49.8 Å². The van der Waals surface area contributed by atoms with Crippen molar-refractivity contribution in [3.8, 4) is 0 Å². The van der Waals surface area contributed by atoms with Crippen molar-refractivity contribution in [3.05, 3.63) is 11.6 Å². The van der Waals surface area contributed by atoms with Gasteiger partial charge in [-0.1, -0.05) is 58.6 Å². The first kappa shape index (κ1) is 28.0. The van der Waals surface area contributed by atoms with Gasteiger partial charge in [0.1, 0.15) is 6.10 Å². The maximum atomic E-state index is 12.3. The average molecular weight is 502 g/mol. The van der Waals surface area contributed by atoms with Crippen molar-refractivity contribution in [2.75, 3.05) is 27.2 Å². The zero-order chi connectivity index (χ0) is 26.1. The molecule has 3 fully saturated rings. The van der Waals surface area contributed by atoms with E-state index in [9.17, 15) is 4.79 Å². The molecule has 0 radical (unpaired) electrons. The molecule has 0 spiro atoms. The lowest BCUT2D eigenvalue weighted by Crippen LogP contribution is -2.60. The van der Waals surface area contributed by atoms with E-state index in [4.69, 9.17) is 10.5 Å². The molecule has 0 saturated heterocycles. The quantitative estimate of drug-likeness (QED) is 0.360. The molecule has 3 saturated carbocycles. The predicted octanol–water partition coefficient (Wildman–Crippen LogP) is 6.38. The molecule has 1 amide bonds. The van der Waals surface area contributed by atoms with Gasteiger partial charge in [-0.25, -0.2) is 4.79 Å². The van der Waals surface area contributed by atoms with Crippen LogP contribution in [0.1, 0.15) is 98.3 Å². The van der Waals surface area contributed by atoms with Crippen molar-refractivity contribution in [2.24, 2.45) is 46.7 Å². The van der Waals surface area contributed by atoms with E-state index in [2.05, 4.69) is 44.0 Å². The Morgan fingerprint density at radius 2 is 1.92 bits per heavy atom. The molecule has 0 aromatic heterocycles. The summed E-state index contributed by atoms with van der Waals surface area (Å²) in [5.74, 6) is 4.70. The zero-order valence-electron chi connectivity index (χ0n) is 24.2. The number of nitrogens with zero attached hydrogens (tertiary/aromatic N) is 1. The molecule has 5 heteroatoms. The molecule has 206 valence electrons. The number of allylic oxidation sites excluding steroid dienone is 1. The molecule has 4 aliphatic rings. The first-order chi connectivity index (χ1) is 17.0. The molecule has 4 rings (SSSR count). The van der Waals surface area contributed by atoms with Crippen LogP contribution in [0.25, 0.3) is 0 Å². The molecule has 0 aliphatic heterocycles. The van der Waals surface area contributed by atoms with E-state index < -0.39 is 0 Å². The molecular weight excluding hydrogens is 446 g/mol. The molecule has 8 atom stereocenters. The summed E-state index contributed by atoms with van der Waals surface area (Å²) >= 11 is 0. The fourth-order valence-corrected chi connectivity index (χ4v) is 9.03. The van der Waals surface area contributed by atoms with Crippen molar-refractivity contribution in [3.63, 3.8) is 0 Å². The Kier molecular flexibility index (Phi) is 8.81. The minimum atomic E-state index is -0.284. The van der Waals surface area contributed by atoms with E-state index in [0.29, 0.717) is 17.9 Å². The summed E-state index contributed by atoms with van der Waals surface area (Å²) in [4.78, 5) is 14.4. The van der Waals surface area contributed by atoms with Gasteiger partial charge in [-0.15, -0.1) is 0 Å². The Hall–Kier alpha value is -1.07. The lowest BCUT2D eigenvalue weighted by molar-refractivity contribution is -0.0380. The summed E-state index contributed by atoms with van der Waals surface area (Å²) in [6.45, 7) is 11.3. The number of nitrogens with two attached hydrogens (primary N) is 1. The number of likely N-dealkylation sites (N-methyl/N-ethyl adjacent to an activating group) is 1. The summed E-state index contributed by atoms with van der Waals surface area (Å²) in [5, 5.41) is 2.90. The molecule has 3 N–H and O–H groups in total. The van der Waals surface area contributed by atoms with E-state index in [1.165, 1.54) is 56.9 Å². The van der Waals surface area contributed by atoms with Gasteiger partial charge in [0.2, 0.25) is 0 Å². The number of ether oxygens (including phenoxy) is 1. The Labute approximate surface area is 221 Å². The van der Waals surface area contributed by atoms with E-state index in [0.717, 1.165) is 55.4 Å². The predicted molar refractivity (Wildman–Crippen MR) is 149 cm³/mol. The highest BCUT2D eigenvalue weighted by atomic mass is 16.6. The van der Waals surface area contributed by atoms with Gasteiger partial charge < -0.3 is 20.7 Å². The number of carbonyl (C=O) groups is 1. The number of nitrogens with one attached hydrogen (secondary N) is 1. The number of fused-ring (bicyclic) bond motifs is 5. The number of alkyl carbamates (subject to hydrolysis) is 1. The van der Waals surface area contributed by atoms with Gasteiger partial charge in [-0.3, -0.25) is 0 Å². The minimum absolute atomic E-state index is 0.0414. The van der Waals surface area contributed by atoms with Crippen LogP contribution in [0.4, 0.5) is 4.79 Å². The Balaban J connectivity index is 1.37. The van der Waals surface area contributed by atoms with Crippen LogP contribution in [0.2, 0.25) is 0 Å². The highest BCUT2D eigenvalue weighted by molar-refractivity contribution is 5.67. The van der Waals surface area contributed by atoms with Crippen LogP contribution in [0, 0.1) is 40.9 Å². The second-order valence-corrected chi connectivity index (χ2v) is 13.9. The van der Waals surface area contributed by atoms with Crippen molar-refractivity contribution in [1.82, 2.24) is 10.2 Å². The summed E-state index contributed by atoms with van der Waals surface area (Å²) in [5.41, 5.74) is 8.99. The third-order valence-electron chi connectivity index (χ3n) is 11.0. The minimum Gasteiger partial charge on any atom is -0.446 e. The first-order valence-corrected chi connectivity index (χ1v) is 15.1. The third kappa shape index (κ3) is 5.67. The highest BCUT2D eigenvalue weighted by Gasteiger charge is 2.59. The van der Waals surface area contributed by atoms with Gasteiger partial charge in [0, 0.05) is 25.0 Å². The van der Waals surface area contributed by atoms with Crippen LogP contribution in [0.5, 0.6) is 0 Å². The Bertz CT molecular complexity index is 795. The topological polar surface area (TPSA) is 67.6 Å². The molecular formula is C31H55N3O2. The highest BCUT2D eigenvalue weighted by Crippen LogP contribution is 2.65. The van der Waals surface area contributed by atoms with E-state index in [1.54, 1.807) is 0 Å². The van der Waals surface area contributed by atoms with Gasteiger partial charge >= 0.3 is 6.09 Å². The number of rotatable bonds is 9. The van der Waals surface area contributed by atoms with Crippen molar-refractivity contribution < 1.29 is 9.53 Å². The lowest BCUT2D eigenvalue weighted by atomic mass is 9.49. The third-order valence-corrected chi connectivity index (χ3v) is 11.0. The number of hydrogen-bond acceptors (Lipinski definition) is 4. The molecule has 5 nitrogen and oxygen atoms in total. The average Bonchev–Trinajstić information content (AvgIpc) is 3.16. The molecule has 0 heterocycles. The van der Waals surface area contributed by atoms with Crippen molar-refractivity contribution >= 4 is 6.09 Å². The normalized spacial score (nSPS) is 38.7. The monoisotopic (exact) mass is 501 g/mol. The maximum absolute atomic E-state index is 12.3. The van der Waals surface area contributed by atoms with Gasteiger partial charge in [-0.2, -0.15) is 0 Å². The Morgan fingerprint density at radius 1 is 1.14 bits per heavy atom. The molecule has 36 heavy (non-hydrogen) atoms. The van der Waals surface area contributed by atoms with Gasteiger partial charge in [0.15, 0.2) is 0 Å². The fraction of sp³-hybridized carbons (Fsp3) is 0.903. The van der Waals surface area contributed by atoms with E-state index >= 15 is 0 Å². The van der Waals surface area contributed by atoms with Crippen molar-refractivity contribution in [2.45, 2.75) is 110 Å². The number of carbonyl (C=O) groups excluding carboxylic acids is 1. The van der Waals surface area contributed by atoms with Crippen LogP contribution < -0.4 is 11.1 Å². The van der Waals surface area contributed by atoms with Crippen LogP contribution in [0.15, 0.2) is 11.6 Å². The molecule has 4 unspecified atom stereocenters. The van der Waals surface area contributed by atoms with Crippen molar-refractivity contribution in [1.29, 1.82) is 0 Å². The standard InChI is InChI=1S/C31H55N3O2/c1-21(2)8-7-9-22(3)26-12-13-27-25-11-10-23-20-24(36-29(35)33-18-19-34(5)6)14-17-31(23,32)28(25)15-16-30(26,27)4/h10,21-22,24-28H,7-9,11-20,32H2,1-6H3,(H,33,35)/t22-,24?,25?,26?,27+,28+,30?,31-/m1/s1. The summed E-state index contributed by atoms with van der Waals surface area (Å²) in [6, 6.07) is 0. The summed E-state index contributed by atoms with van der Waals surface area (Å²) in [7, 11) is 4.01. The number of hydrogen-bond donors (Lipinski definition) is 2. The van der Waals surface area contributed by atoms with Gasteiger partial charge in [-0.05, 0) is 100.0 Å². The smallest absolute Gasteiger partial charge is 0.407 e. The van der Waals surface area contributed by atoms with Crippen LogP contribution in [-0.2, 0) is 4.74 Å². The number of amides is 1. The molecule has 4 aliphatic carbocycles. The van der Waals surface area contributed by atoms with Gasteiger partial charge in [0.05, 0.1) is 0 Å². The van der Waals surface area contributed by atoms with E-state index in [1.807, 2.05) is 14.1 Å². The molecule has 0 aromatic rings. The Morgan fingerprint density at radius 3 is 2.64 bits per heavy atom. The molecule has 0 aromatic carbocycles. The second kappa shape index (κ2) is 11.4. The summed E-state index contributed by atoms with van der Waals surface area (Å²) in [6.07, 6.45) is 15.6. The van der Waals surface area contributed by atoms with Gasteiger partial charge in [0.25, 0.3) is 0 Å². The zero-order valence-corrected chi connectivity index (χ0v) is 24.2. The van der Waals surface area contributed by atoms with Crippen LogP contribution >= 0.6 is 0 Å². The lowest BCUT2D eigenvalue weighted by Gasteiger charge is -2.58.